The zero-order valence-corrected chi connectivity index (χ0v) is 19.4. The molecule has 4 aliphatic heterocycles. The first kappa shape index (κ1) is 22.4. The van der Waals surface area contributed by atoms with Gasteiger partial charge in [0.15, 0.2) is 0 Å². The molecule has 4 heterocycles. The van der Waals surface area contributed by atoms with Crippen molar-refractivity contribution in [1.82, 2.24) is 14.7 Å². The highest BCUT2D eigenvalue weighted by molar-refractivity contribution is 8.02. The predicted octanol–water partition coefficient (Wildman–Crippen LogP) is 1.28. The van der Waals surface area contributed by atoms with E-state index < -0.39 is 28.7 Å². The zero-order valence-electron chi connectivity index (χ0n) is 18.6. The Kier molecular flexibility index (Phi) is 6.23. The van der Waals surface area contributed by atoms with Gasteiger partial charge in [-0.2, -0.15) is 0 Å². The standard InChI is InChI=1S/C23H33N3O4S/c1-4-5-6-12-25-13-8-10-23-18(17-16(31-23)9-7-11-24(3)20(17)28)21(29)26(15(2)14-27)19(23)22(25)30/h7-10,15-19,27H,4-6,11-14H2,1-3H3/t15-,16+,17-,18+,19?,23+/m1/s1. The minimum Gasteiger partial charge on any atom is -0.394 e. The molecule has 6 atom stereocenters. The van der Waals surface area contributed by atoms with Crippen LogP contribution in [0.15, 0.2) is 24.3 Å². The number of likely N-dealkylation sites (tertiary alicyclic amines) is 1. The Hall–Kier alpha value is -1.80. The number of aliphatic hydroxyl groups is 1. The van der Waals surface area contributed by atoms with E-state index >= 15 is 0 Å². The fraction of sp³-hybridized carbons (Fsp3) is 0.696. The number of amides is 3. The van der Waals surface area contributed by atoms with Gasteiger partial charge in [-0.3, -0.25) is 14.4 Å². The van der Waals surface area contributed by atoms with Gasteiger partial charge in [0.2, 0.25) is 17.7 Å². The minimum atomic E-state index is -0.787. The highest BCUT2D eigenvalue weighted by Crippen LogP contribution is 2.61. The lowest BCUT2D eigenvalue weighted by Gasteiger charge is -2.37. The lowest BCUT2D eigenvalue weighted by molar-refractivity contribution is -0.146. The van der Waals surface area contributed by atoms with Gasteiger partial charge >= 0.3 is 0 Å². The number of hydrogen-bond donors (Lipinski definition) is 1. The van der Waals surface area contributed by atoms with Crippen molar-refractivity contribution in [2.75, 3.05) is 33.3 Å². The molecule has 7 nitrogen and oxygen atoms in total. The Balaban J connectivity index is 1.78. The van der Waals surface area contributed by atoms with E-state index in [0.717, 1.165) is 19.3 Å². The lowest BCUT2D eigenvalue weighted by atomic mass is 9.78. The third kappa shape index (κ3) is 3.42. The zero-order chi connectivity index (χ0) is 22.3. The molecule has 4 aliphatic rings. The molecule has 2 saturated heterocycles. The monoisotopic (exact) mass is 447 g/mol. The molecular weight excluding hydrogens is 414 g/mol. The van der Waals surface area contributed by atoms with Gasteiger partial charge in [-0.15, -0.1) is 11.8 Å². The van der Waals surface area contributed by atoms with Gasteiger partial charge in [0.05, 0.1) is 29.2 Å². The minimum absolute atomic E-state index is 0.0418. The van der Waals surface area contributed by atoms with E-state index in [0.29, 0.717) is 19.6 Å². The van der Waals surface area contributed by atoms with Crippen LogP contribution in [0.25, 0.3) is 0 Å². The molecule has 4 rings (SSSR count). The molecule has 0 saturated carbocycles. The number of fused-ring (bicyclic) bond motifs is 2. The Bertz CT molecular complexity index is 815. The van der Waals surface area contributed by atoms with Crippen molar-refractivity contribution in [2.45, 2.75) is 55.2 Å². The van der Waals surface area contributed by atoms with E-state index in [1.54, 1.807) is 35.5 Å². The van der Waals surface area contributed by atoms with Gasteiger partial charge < -0.3 is 19.8 Å². The van der Waals surface area contributed by atoms with Crippen molar-refractivity contribution < 1.29 is 19.5 Å². The molecule has 1 N–H and O–H groups in total. The van der Waals surface area contributed by atoms with Gasteiger partial charge in [-0.05, 0) is 13.3 Å². The average Bonchev–Trinajstić information content (AvgIpc) is 3.09. The van der Waals surface area contributed by atoms with Crippen molar-refractivity contribution in [3.63, 3.8) is 0 Å². The summed E-state index contributed by atoms with van der Waals surface area (Å²) in [5.74, 6) is -1.39. The van der Waals surface area contributed by atoms with Crippen LogP contribution >= 0.6 is 11.8 Å². The summed E-state index contributed by atoms with van der Waals surface area (Å²) >= 11 is 1.59. The second-order valence-corrected chi connectivity index (χ2v) is 10.6. The number of carbonyl (C=O) groups excluding carboxylic acids is 3. The summed E-state index contributed by atoms with van der Waals surface area (Å²) in [5.41, 5.74) is 0. The Morgan fingerprint density at radius 2 is 1.94 bits per heavy atom. The van der Waals surface area contributed by atoms with Gasteiger partial charge in [0, 0.05) is 31.9 Å². The molecule has 1 unspecified atom stereocenters. The Labute approximate surface area is 188 Å². The summed E-state index contributed by atoms with van der Waals surface area (Å²) in [7, 11) is 1.76. The molecule has 1 spiro atoms. The number of rotatable bonds is 6. The fourth-order valence-electron chi connectivity index (χ4n) is 5.57. The third-order valence-corrected chi connectivity index (χ3v) is 8.90. The smallest absolute Gasteiger partial charge is 0.247 e. The van der Waals surface area contributed by atoms with Gasteiger partial charge in [0.1, 0.15) is 6.04 Å². The molecule has 0 aromatic rings. The van der Waals surface area contributed by atoms with E-state index in [9.17, 15) is 19.5 Å². The highest BCUT2D eigenvalue weighted by Gasteiger charge is 2.71. The number of hydrogen-bond acceptors (Lipinski definition) is 5. The number of nitrogens with zero attached hydrogens (tertiary/aromatic N) is 3. The molecule has 0 aromatic carbocycles. The van der Waals surface area contributed by atoms with Gasteiger partial charge in [-0.1, -0.05) is 44.1 Å². The third-order valence-electron chi connectivity index (χ3n) is 7.15. The number of unbranched alkanes of at least 4 members (excludes halogenated alkanes) is 2. The number of aliphatic hydroxyl groups excluding tert-OH is 1. The van der Waals surface area contributed by atoms with Crippen LogP contribution in [0.4, 0.5) is 0 Å². The van der Waals surface area contributed by atoms with Crippen LogP contribution in [-0.2, 0) is 14.4 Å². The summed E-state index contributed by atoms with van der Waals surface area (Å²) in [6.07, 6.45) is 11.1. The predicted molar refractivity (Wildman–Crippen MR) is 120 cm³/mol. The molecule has 0 radical (unpaired) electrons. The van der Waals surface area contributed by atoms with E-state index in [1.165, 1.54) is 0 Å². The van der Waals surface area contributed by atoms with E-state index in [-0.39, 0.29) is 29.6 Å². The summed E-state index contributed by atoms with van der Waals surface area (Å²) in [6, 6.07) is -1.18. The maximum Gasteiger partial charge on any atom is 0.247 e. The quantitative estimate of drug-likeness (QED) is 0.490. The van der Waals surface area contributed by atoms with Crippen molar-refractivity contribution in [1.29, 1.82) is 0 Å². The molecule has 0 aliphatic carbocycles. The summed E-state index contributed by atoms with van der Waals surface area (Å²) in [6.45, 7) is 5.39. The van der Waals surface area contributed by atoms with E-state index in [1.807, 2.05) is 29.2 Å². The Morgan fingerprint density at radius 3 is 2.65 bits per heavy atom. The molecule has 0 aromatic heterocycles. The fourth-order valence-corrected chi connectivity index (χ4v) is 7.56. The molecule has 8 heteroatoms. The number of carbonyl (C=O) groups is 3. The Morgan fingerprint density at radius 1 is 1.16 bits per heavy atom. The summed E-state index contributed by atoms with van der Waals surface area (Å²) < 4.78 is -0.787. The molecule has 3 amide bonds. The second kappa shape index (κ2) is 8.62. The maximum atomic E-state index is 13.8. The van der Waals surface area contributed by atoms with Crippen LogP contribution in [0.3, 0.4) is 0 Å². The van der Waals surface area contributed by atoms with Crippen LogP contribution in [0.5, 0.6) is 0 Å². The van der Waals surface area contributed by atoms with Gasteiger partial charge in [-0.25, -0.2) is 0 Å². The van der Waals surface area contributed by atoms with Crippen LogP contribution in [0, 0.1) is 11.8 Å². The molecule has 2 fully saturated rings. The molecule has 0 bridgehead atoms. The second-order valence-electron chi connectivity index (χ2n) is 9.16. The van der Waals surface area contributed by atoms with Crippen LogP contribution < -0.4 is 0 Å². The van der Waals surface area contributed by atoms with Crippen molar-refractivity contribution in [2.24, 2.45) is 11.8 Å². The van der Waals surface area contributed by atoms with Crippen LogP contribution in [-0.4, -0.2) is 92.9 Å². The van der Waals surface area contributed by atoms with Crippen molar-refractivity contribution in [3.05, 3.63) is 24.3 Å². The normalized spacial score (nSPS) is 35.7. The highest BCUT2D eigenvalue weighted by atomic mass is 32.2. The maximum absolute atomic E-state index is 13.8. The summed E-state index contributed by atoms with van der Waals surface area (Å²) in [4.78, 5) is 46.0. The first-order valence-electron chi connectivity index (χ1n) is 11.4. The van der Waals surface area contributed by atoms with Crippen LogP contribution in [0.2, 0.25) is 0 Å². The topological polar surface area (TPSA) is 81.2 Å². The molecule has 170 valence electrons. The lowest BCUT2D eigenvalue weighted by Crippen LogP contribution is -2.56. The van der Waals surface area contributed by atoms with Crippen molar-refractivity contribution >= 4 is 29.5 Å². The summed E-state index contributed by atoms with van der Waals surface area (Å²) in [5, 5.41) is 9.77. The van der Waals surface area contributed by atoms with Crippen molar-refractivity contribution in [3.8, 4) is 0 Å². The van der Waals surface area contributed by atoms with E-state index in [4.69, 9.17) is 0 Å². The van der Waals surface area contributed by atoms with Crippen LogP contribution in [0.1, 0.15) is 33.1 Å². The molecular formula is C23H33N3O4S. The van der Waals surface area contributed by atoms with E-state index in [2.05, 4.69) is 6.92 Å². The SMILES string of the molecule is CCCCCN1CC=C[C@]23S[C@H]4C=CCN(C)C(=O)[C@H]4[C@H]2C(=O)N([C@H](C)CO)C3C1=O. The largest absolute Gasteiger partial charge is 0.394 e. The number of likely N-dealkylation sites (N-methyl/N-ethyl adjacent to an activating group) is 1. The first-order chi connectivity index (χ1) is 14.9. The average molecular weight is 448 g/mol. The molecule has 31 heavy (non-hydrogen) atoms. The van der Waals surface area contributed by atoms with Gasteiger partial charge in [0.25, 0.3) is 0 Å². The number of thioether (sulfide) groups is 1. The first-order valence-corrected chi connectivity index (χ1v) is 12.2.